The van der Waals surface area contributed by atoms with Crippen LogP contribution in [0.4, 0.5) is 19.0 Å². The van der Waals surface area contributed by atoms with Crippen LogP contribution in [0.2, 0.25) is 0 Å². The number of ether oxygens (including phenoxy) is 1. The van der Waals surface area contributed by atoms with Crippen LogP contribution in [-0.4, -0.2) is 71.7 Å². The number of fused-ring (bicyclic) bond motifs is 1. The minimum atomic E-state index is -3.26. The average molecular weight is 563 g/mol. The lowest BCUT2D eigenvalue weighted by Crippen LogP contribution is -2.38. The van der Waals surface area contributed by atoms with Crippen molar-refractivity contribution in [2.45, 2.75) is 83.4 Å². The molecule has 2 aliphatic heterocycles. The molecular formula is C30H41F3N4O3. The Hall–Kier alpha value is -2.85. The van der Waals surface area contributed by atoms with Gasteiger partial charge < -0.3 is 20.1 Å². The maximum atomic E-state index is 14.8. The van der Waals surface area contributed by atoms with Gasteiger partial charge in [0.25, 0.3) is 0 Å². The molecule has 0 amide bonds. The first-order valence-electron chi connectivity index (χ1n) is 14.3. The lowest BCUT2D eigenvalue weighted by atomic mass is 9.95. The quantitative estimate of drug-likeness (QED) is 0.297. The summed E-state index contributed by atoms with van der Waals surface area (Å²) in [5.41, 5.74) is 2.88. The van der Waals surface area contributed by atoms with Crippen molar-refractivity contribution < 1.29 is 27.8 Å². The van der Waals surface area contributed by atoms with Crippen LogP contribution in [0, 0.1) is 5.82 Å². The Morgan fingerprint density at radius 2 is 2.05 bits per heavy atom. The highest BCUT2D eigenvalue weighted by Crippen LogP contribution is 2.38. The number of aryl methyl sites for hydroxylation is 2. The molecular weight excluding hydrogens is 521 g/mol. The Bertz CT molecular complexity index is 1160. The third kappa shape index (κ3) is 7.46. The summed E-state index contributed by atoms with van der Waals surface area (Å²) in [6.07, 6.45) is 7.01. The van der Waals surface area contributed by atoms with Gasteiger partial charge in [-0.3, -0.25) is 9.69 Å². The maximum Gasteiger partial charge on any atom is 0.387 e. The lowest BCUT2D eigenvalue weighted by Gasteiger charge is -2.29. The number of unbranched alkanes of at least 4 members (excludes halogenated alkanes) is 2. The van der Waals surface area contributed by atoms with Crippen molar-refractivity contribution in [2.24, 2.45) is 0 Å². The summed E-state index contributed by atoms with van der Waals surface area (Å²) in [6, 6.07) is 5.79. The summed E-state index contributed by atoms with van der Waals surface area (Å²) in [5, 5.41) is 13.5. The number of halogens is 3. The summed E-state index contributed by atoms with van der Waals surface area (Å²) in [6.45, 7) is 3.17. The Balaban J connectivity index is 1.32. The number of hydrogen-bond donors (Lipinski definition) is 2. The number of benzene rings is 1. The SMILES string of the molecule is CC(C)c1cc(F)c(OC(F)F)c(C(C(=O)O)N2CC[C@@H](N(C)CCCCCc3ccc4c(n3)NCCC4)C2)c1. The lowest BCUT2D eigenvalue weighted by molar-refractivity contribution is -0.143. The Morgan fingerprint density at radius 1 is 1.25 bits per heavy atom. The van der Waals surface area contributed by atoms with Gasteiger partial charge >= 0.3 is 12.6 Å². The molecule has 1 aromatic heterocycles. The maximum absolute atomic E-state index is 14.8. The molecule has 0 saturated carbocycles. The predicted molar refractivity (Wildman–Crippen MR) is 149 cm³/mol. The molecule has 4 rings (SSSR count). The van der Waals surface area contributed by atoms with Crippen LogP contribution in [-0.2, 0) is 17.6 Å². The fourth-order valence-corrected chi connectivity index (χ4v) is 5.77. The van der Waals surface area contributed by atoms with E-state index in [1.54, 1.807) is 4.90 Å². The summed E-state index contributed by atoms with van der Waals surface area (Å²) >= 11 is 0. The molecule has 0 spiro atoms. The minimum Gasteiger partial charge on any atom is -0.480 e. The number of carboxylic acid groups (broad SMARTS) is 1. The molecule has 1 fully saturated rings. The number of aromatic nitrogens is 1. The van der Waals surface area contributed by atoms with Crippen LogP contribution in [0.3, 0.4) is 0 Å². The molecule has 2 N–H and O–H groups in total. The fourth-order valence-electron chi connectivity index (χ4n) is 5.77. The number of hydrogen-bond acceptors (Lipinski definition) is 6. The molecule has 1 unspecified atom stereocenters. The zero-order chi connectivity index (χ0) is 28.8. The number of carboxylic acids is 1. The molecule has 2 atom stereocenters. The van der Waals surface area contributed by atoms with Crippen molar-refractivity contribution in [3.63, 3.8) is 0 Å². The number of carbonyl (C=O) groups is 1. The van der Waals surface area contributed by atoms with E-state index in [9.17, 15) is 23.1 Å². The molecule has 1 aromatic carbocycles. The van der Waals surface area contributed by atoms with Gasteiger partial charge in [0.1, 0.15) is 11.9 Å². The van der Waals surface area contributed by atoms with Gasteiger partial charge in [-0.25, -0.2) is 9.37 Å². The van der Waals surface area contributed by atoms with E-state index in [1.807, 2.05) is 20.9 Å². The third-order valence-electron chi connectivity index (χ3n) is 8.08. The second-order valence-corrected chi connectivity index (χ2v) is 11.3. The zero-order valence-electron chi connectivity index (χ0n) is 23.6. The molecule has 220 valence electrons. The number of rotatable bonds is 13. The highest BCUT2D eigenvalue weighted by atomic mass is 19.3. The Morgan fingerprint density at radius 3 is 2.77 bits per heavy atom. The summed E-state index contributed by atoms with van der Waals surface area (Å²) < 4.78 is 45.6. The van der Waals surface area contributed by atoms with Crippen LogP contribution in [0.1, 0.15) is 80.3 Å². The number of nitrogens with one attached hydrogen (secondary N) is 1. The van der Waals surface area contributed by atoms with Gasteiger partial charge in [0.2, 0.25) is 0 Å². The molecule has 2 aliphatic rings. The summed E-state index contributed by atoms with van der Waals surface area (Å²) in [7, 11) is 2.03. The number of aliphatic carboxylic acids is 1. The molecule has 0 radical (unpaired) electrons. The van der Waals surface area contributed by atoms with Gasteiger partial charge in [0.05, 0.1) is 0 Å². The molecule has 0 bridgehead atoms. The second-order valence-electron chi connectivity index (χ2n) is 11.3. The number of anilines is 1. The molecule has 7 nitrogen and oxygen atoms in total. The van der Waals surface area contributed by atoms with Gasteiger partial charge in [0, 0.05) is 36.9 Å². The number of likely N-dealkylation sites (tertiary alicyclic amines) is 1. The van der Waals surface area contributed by atoms with Crippen molar-refractivity contribution >= 4 is 11.8 Å². The summed E-state index contributed by atoms with van der Waals surface area (Å²) in [4.78, 5) is 21.1. The Kier molecular flexibility index (Phi) is 10.3. The third-order valence-corrected chi connectivity index (χ3v) is 8.08. The number of alkyl halides is 2. The van der Waals surface area contributed by atoms with Gasteiger partial charge in [-0.2, -0.15) is 8.78 Å². The van der Waals surface area contributed by atoms with E-state index in [1.165, 1.54) is 11.6 Å². The molecule has 1 saturated heterocycles. The van der Waals surface area contributed by atoms with Crippen molar-refractivity contribution in [1.29, 1.82) is 0 Å². The summed E-state index contributed by atoms with van der Waals surface area (Å²) in [5.74, 6) is -1.95. The van der Waals surface area contributed by atoms with E-state index >= 15 is 0 Å². The average Bonchev–Trinajstić information content (AvgIpc) is 3.39. The normalized spacial score (nSPS) is 18.3. The largest absolute Gasteiger partial charge is 0.480 e. The molecule has 40 heavy (non-hydrogen) atoms. The zero-order valence-corrected chi connectivity index (χ0v) is 23.6. The van der Waals surface area contributed by atoms with Crippen LogP contribution < -0.4 is 10.1 Å². The number of likely N-dealkylation sites (N-methyl/N-ethyl adjacent to an activating group) is 1. The van der Waals surface area contributed by atoms with Crippen LogP contribution in [0.5, 0.6) is 5.75 Å². The highest BCUT2D eigenvalue weighted by Gasteiger charge is 2.38. The monoisotopic (exact) mass is 562 g/mol. The van der Waals surface area contributed by atoms with Gasteiger partial charge in [-0.15, -0.1) is 0 Å². The fraction of sp³-hybridized carbons (Fsp3) is 0.600. The van der Waals surface area contributed by atoms with Crippen molar-refractivity contribution in [1.82, 2.24) is 14.8 Å². The second kappa shape index (κ2) is 13.7. The number of pyridine rings is 1. The van der Waals surface area contributed by atoms with Gasteiger partial charge in [-0.1, -0.05) is 26.3 Å². The highest BCUT2D eigenvalue weighted by molar-refractivity contribution is 5.77. The van der Waals surface area contributed by atoms with E-state index in [4.69, 9.17) is 4.98 Å². The van der Waals surface area contributed by atoms with Gasteiger partial charge in [-0.05, 0) is 87.4 Å². The molecule has 2 aromatic rings. The van der Waals surface area contributed by atoms with Crippen LogP contribution in [0.25, 0.3) is 0 Å². The topological polar surface area (TPSA) is 77.9 Å². The van der Waals surface area contributed by atoms with Crippen molar-refractivity contribution in [3.05, 3.63) is 52.5 Å². The van der Waals surface area contributed by atoms with E-state index < -0.39 is 30.2 Å². The van der Waals surface area contributed by atoms with Crippen molar-refractivity contribution in [2.75, 3.05) is 38.5 Å². The van der Waals surface area contributed by atoms with Gasteiger partial charge in [0.15, 0.2) is 11.6 Å². The Labute approximate surface area is 234 Å². The smallest absolute Gasteiger partial charge is 0.387 e. The van der Waals surface area contributed by atoms with E-state index in [0.29, 0.717) is 18.7 Å². The van der Waals surface area contributed by atoms with Crippen molar-refractivity contribution in [3.8, 4) is 5.75 Å². The predicted octanol–water partition coefficient (Wildman–Crippen LogP) is 5.85. The van der Waals surface area contributed by atoms with E-state index in [2.05, 4.69) is 27.1 Å². The van der Waals surface area contributed by atoms with E-state index in [-0.39, 0.29) is 17.5 Å². The van der Waals surface area contributed by atoms with Crippen LogP contribution in [0.15, 0.2) is 24.3 Å². The number of nitrogens with zero attached hydrogens (tertiary/aromatic N) is 3. The van der Waals surface area contributed by atoms with Crippen LogP contribution >= 0.6 is 0 Å². The first kappa shape index (κ1) is 30.1. The first-order chi connectivity index (χ1) is 19.1. The first-order valence-corrected chi connectivity index (χ1v) is 14.3. The minimum absolute atomic E-state index is 0.0641. The van der Waals surface area contributed by atoms with E-state index in [0.717, 1.165) is 75.6 Å². The molecule has 10 heteroatoms. The molecule has 0 aliphatic carbocycles. The standard InChI is InChI=1S/C30H41F3N4O3/c1-19(2)21-16-24(27(25(31)17-21)40-30(32)33)26(29(38)39)37-15-12-23(18-37)36(3)14-6-4-5-9-22-11-10-20-8-7-13-34-28(20)35-22/h10-11,16-17,19,23,26,30H,4-9,12-15,18H2,1-3H3,(H,34,35)(H,38,39)/t23-,26?/m1/s1. The molecule has 3 heterocycles.